The Labute approximate surface area is 68.8 Å². The van der Waals surface area contributed by atoms with Crippen LogP contribution in [0, 0.1) is 11.8 Å². The van der Waals surface area contributed by atoms with Crippen LogP contribution >= 0.6 is 0 Å². The number of hydrogen-bond acceptors (Lipinski definition) is 2. The first-order chi connectivity index (χ1) is 5.36. The van der Waals surface area contributed by atoms with E-state index < -0.39 is 0 Å². The molecule has 0 amide bonds. The zero-order valence-corrected chi connectivity index (χ0v) is 7.13. The average Bonchev–Trinajstić information content (AvgIpc) is 2.52. The van der Waals surface area contributed by atoms with Gasteiger partial charge in [-0.3, -0.25) is 0 Å². The Bertz CT molecular complexity index is 95.7. The largest absolute Gasteiger partial charge is 0.396 e. The molecule has 0 bridgehead atoms. The Balaban J connectivity index is 2.16. The van der Waals surface area contributed by atoms with Gasteiger partial charge in [-0.05, 0) is 24.8 Å². The van der Waals surface area contributed by atoms with E-state index in [1.807, 2.05) is 0 Å². The lowest BCUT2D eigenvalue weighted by atomic mass is 9.94. The SMILES string of the molecule is NCC(CO)CC1CCCC1. The lowest BCUT2D eigenvalue weighted by Gasteiger charge is -2.15. The van der Waals surface area contributed by atoms with Crippen LogP contribution in [0.5, 0.6) is 0 Å². The summed E-state index contributed by atoms with van der Waals surface area (Å²) in [5.74, 6) is 1.22. The van der Waals surface area contributed by atoms with Crippen molar-refractivity contribution >= 4 is 0 Å². The molecule has 1 unspecified atom stereocenters. The third-order valence-corrected chi connectivity index (χ3v) is 2.73. The zero-order valence-electron chi connectivity index (χ0n) is 7.13. The van der Waals surface area contributed by atoms with Crippen LogP contribution in [0.3, 0.4) is 0 Å². The molecule has 1 rings (SSSR count). The molecule has 0 aromatic carbocycles. The molecule has 0 radical (unpaired) electrons. The van der Waals surface area contributed by atoms with Gasteiger partial charge in [-0.25, -0.2) is 0 Å². The fourth-order valence-corrected chi connectivity index (χ4v) is 1.96. The molecule has 1 aliphatic rings. The maximum atomic E-state index is 8.91. The number of aliphatic hydroxyl groups is 1. The minimum absolute atomic E-state index is 0.271. The Hall–Kier alpha value is -0.0800. The van der Waals surface area contributed by atoms with Crippen molar-refractivity contribution in [1.29, 1.82) is 0 Å². The summed E-state index contributed by atoms with van der Waals surface area (Å²) in [6.45, 7) is 0.917. The summed E-state index contributed by atoms with van der Waals surface area (Å²) < 4.78 is 0. The summed E-state index contributed by atoms with van der Waals surface area (Å²) in [6.07, 6.45) is 6.63. The van der Waals surface area contributed by atoms with Crippen molar-refractivity contribution in [2.75, 3.05) is 13.2 Å². The molecule has 0 saturated heterocycles. The first-order valence-electron chi connectivity index (χ1n) is 4.67. The summed E-state index contributed by atoms with van der Waals surface area (Å²) in [7, 11) is 0. The molecule has 0 heterocycles. The van der Waals surface area contributed by atoms with E-state index in [4.69, 9.17) is 10.8 Å². The number of aliphatic hydroxyl groups excluding tert-OH is 1. The molecule has 1 fully saturated rings. The van der Waals surface area contributed by atoms with Crippen molar-refractivity contribution in [3.05, 3.63) is 0 Å². The second-order valence-corrected chi connectivity index (χ2v) is 3.67. The lowest BCUT2D eigenvalue weighted by molar-refractivity contribution is 0.205. The highest BCUT2D eigenvalue weighted by Gasteiger charge is 2.18. The van der Waals surface area contributed by atoms with E-state index in [0.717, 1.165) is 12.3 Å². The van der Waals surface area contributed by atoms with Gasteiger partial charge in [-0.1, -0.05) is 25.7 Å². The predicted molar refractivity (Wildman–Crippen MR) is 46.2 cm³/mol. The third kappa shape index (κ3) is 2.80. The monoisotopic (exact) mass is 157 g/mol. The van der Waals surface area contributed by atoms with Crippen molar-refractivity contribution in [2.45, 2.75) is 32.1 Å². The Morgan fingerprint density at radius 2 is 2.00 bits per heavy atom. The van der Waals surface area contributed by atoms with Crippen molar-refractivity contribution in [1.82, 2.24) is 0 Å². The first kappa shape index (κ1) is 9.01. The third-order valence-electron chi connectivity index (χ3n) is 2.73. The van der Waals surface area contributed by atoms with Crippen LogP contribution < -0.4 is 5.73 Å². The molecule has 2 nitrogen and oxygen atoms in total. The van der Waals surface area contributed by atoms with Crippen LogP contribution in [0.2, 0.25) is 0 Å². The minimum atomic E-state index is 0.271. The summed E-state index contributed by atoms with van der Waals surface area (Å²) in [4.78, 5) is 0. The molecule has 0 spiro atoms. The van der Waals surface area contributed by atoms with Crippen molar-refractivity contribution < 1.29 is 5.11 Å². The molecule has 0 aliphatic heterocycles. The van der Waals surface area contributed by atoms with Crippen molar-refractivity contribution in [2.24, 2.45) is 17.6 Å². The fraction of sp³-hybridized carbons (Fsp3) is 1.00. The zero-order chi connectivity index (χ0) is 8.10. The molecule has 3 N–H and O–H groups in total. The van der Waals surface area contributed by atoms with E-state index in [9.17, 15) is 0 Å². The van der Waals surface area contributed by atoms with Crippen LogP contribution in [0.25, 0.3) is 0 Å². The summed E-state index contributed by atoms with van der Waals surface area (Å²) in [5.41, 5.74) is 5.50. The predicted octanol–water partition coefficient (Wildman–Crippen LogP) is 1.13. The molecule has 1 saturated carbocycles. The normalized spacial score (nSPS) is 22.4. The van der Waals surface area contributed by atoms with Gasteiger partial charge in [0.05, 0.1) is 0 Å². The summed E-state index contributed by atoms with van der Waals surface area (Å²) in [6, 6.07) is 0. The van der Waals surface area contributed by atoms with E-state index >= 15 is 0 Å². The molecular weight excluding hydrogens is 138 g/mol. The average molecular weight is 157 g/mol. The highest BCUT2D eigenvalue weighted by atomic mass is 16.3. The topological polar surface area (TPSA) is 46.2 Å². The van der Waals surface area contributed by atoms with E-state index in [-0.39, 0.29) is 6.61 Å². The maximum Gasteiger partial charge on any atom is 0.0471 e. The second-order valence-electron chi connectivity index (χ2n) is 3.67. The quantitative estimate of drug-likeness (QED) is 0.642. The molecule has 66 valence electrons. The van der Waals surface area contributed by atoms with Gasteiger partial charge in [0.25, 0.3) is 0 Å². The van der Waals surface area contributed by atoms with E-state index in [1.165, 1.54) is 25.7 Å². The van der Waals surface area contributed by atoms with Crippen molar-refractivity contribution in [3.8, 4) is 0 Å². The Morgan fingerprint density at radius 3 is 2.45 bits per heavy atom. The van der Waals surface area contributed by atoms with Gasteiger partial charge in [0, 0.05) is 6.61 Å². The molecule has 1 atom stereocenters. The smallest absolute Gasteiger partial charge is 0.0471 e. The maximum absolute atomic E-state index is 8.91. The lowest BCUT2D eigenvalue weighted by Crippen LogP contribution is -2.20. The molecule has 2 heteroatoms. The van der Waals surface area contributed by atoms with E-state index in [1.54, 1.807) is 0 Å². The number of rotatable bonds is 4. The second kappa shape index (κ2) is 4.73. The van der Waals surface area contributed by atoms with Crippen LogP contribution in [0.1, 0.15) is 32.1 Å². The van der Waals surface area contributed by atoms with Gasteiger partial charge >= 0.3 is 0 Å². The van der Waals surface area contributed by atoms with Crippen LogP contribution in [-0.4, -0.2) is 18.3 Å². The molecule has 0 aromatic rings. The van der Waals surface area contributed by atoms with Crippen LogP contribution in [-0.2, 0) is 0 Å². The Kier molecular flexibility index (Phi) is 3.87. The standard InChI is InChI=1S/C9H19NO/c10-6-9(7-11)5-8-3-1-2-4-8/h8-9,11H,1-7,10H2. The first-order valence-corrected chi connectivity index (χ1v) is 4.67. The highest BCUT2D eigenvalue weighted by molar-refractivity contribution is 4.71. The molecule has 1 aliphatic carbocycles. The van der Waals surface area contributed by atoms with Gasteiger partial charge < -0.3 is 10.8 Å². The minimum Gasteiger partial charge on any atom is -0.396 e. The van der Waals surface area contributed by atoms with Crippen molar-refractivity contribution in [3.63, 3.8) is 0 Å². The van der Waals surface area contributed by atoms with E-state index in [0.29, 0.717) is 12.5 Å². The number of hydrogen-bond donors (Lipinski definition) is 2. The summed E-state index contributed by atoms with van der Waals surface area (Å²) in [5, 5.41) is 8.91. The molecule has 0 aromatic heterocycles. The highest BCUT2D eigenvalue weighted by Crippen LogP contribution is 2.29. The van der Waals surface area contributed by atoms with E-state index in [2.05, 4.69) is 0 Å². The molecular formula is C9H19NO. The summed E-state index contributed by atoms with van der Waals surface area (Å²) >= 11 is 0. The van der Waals surface area contributed by atoms with Gasteiger partial charge in [0.2, 0.25) is 0 Å². The fourth-order valence-electron chi connectivity index (χ4n) is 1.96. The molecule has 11 heavy (non-hydrogen) atoms. The van der Waals surface area contributed by atoms with Crippen LogP contribution in [0.15, 0.2) is 0 Å². The van der Waals surface area contributed by atoms with Crippen LogP contribution in [0.4, 0.5) is 0 Å². The number of nitrogens with two attached hydrogens (primary N) is 1. The van der Waals surface area contributed by atoms with Gasteiger partial charge in [0.1, 0.15) is 0 Å². The van der Waals surface area contributed by atoms with Gasteiger partial charge in [-0.15, -0.1) is 0 Å². The Morgan fingerprint density at radius 1 is 1.36 bits per heavy atom. The van der Waals surface area contributed by atoms with Gasteiger partial charge in [-0.2, -0.15) is 0 Å². The van der Waals surface area contributed by atoms with Gasteiger partial charge in [0.15, 0.2) is 0 Å².